The Morgan fingerprint density at radius 1 is 1.33 bits per heavy atom. The van der Waals surface area contributed by atoms with Crippen molar-refractivity contribution >= 4 is 16.8 Å². The highest BCUT2D eigenvalue weighted by atomic mass is 32.2. The van der Waals surface area contributed by atoms with Gasteiger partial charge in [-0.15, -0.1) is 0 Å². The highest BCUT2D eigenvalue weighted by molar-refractivity contribution is 7.86. The first-order valence-corrected chi connectivity index (χ1v) is 9.68. The molecule has 24 heavy (non-hydrogen) atoms. The van der Waals surface area contributed by atoms with Gasteiger partial charge >= 0.3 is 0 Å². The van der Waals surface area contributed by atoms with Gasteiger partial charge in [-0.05, 0) is 51.3 Å². The lowest BCUT2D eigenvalue weighted by Gasteiger charge is -2.20. The minimum absolute atomic E-state index is 0.00789. The molecule has 0 saturated heterocycles. The molecule has 0 bridgehead atoms. The minimum Gasteiger partial charge on any atom is -0.356 e. The van der Waals surface area contributed by atoms with Crippen LogP contribution in [0.15, 0.2) is 29.3 Å². The Bertz CT molecular complexity index is 621. The molecule has 1 aromatic rings. The summed E-state index contributed by atoms with van der Waals surface area (Å²) in [6.07, 6.45) is 2.10. The van der Waals surface area contributed by atoms with Gasteiger partial charge in [0.05, 0.1) is 0 Å². The fourth-order valence-corrected chi connectivity index (χ4v) is 3.48. The van der Waals surface area contributed by atoms with Gasteiger partial charge in [0.25, 0.3) is 0 Å². The van der Waals surface area contributed by atoms with E-state index in [1.807, 2.05) is 26.8 Å². The van der Waals surface area contributed by atoms with Crippen LogP contribution in [0.3, 0.4) is 0 Å². The second-order valence-electron chi connectivity index (χ2n) is 7.31. The second-order valence-corrected chi connectivity index (χ2v) is 9.63. The molecule has 2 N–H and O–H groups in total. The molecule has 0 spiro atoms. The standard InChI is InChI=1S/C18H28FN3OS/c1-17(2,3)24(23)11-10-21-16(20-4)22-13-18(8-9-18)14-6-5-7-15(19)12-14/h5-7,12H,8-11,13H2,1-4H3,(H2,20,21,22). The van der Waals surface area contributed by atoms with Crippen molar-refractivity contribution in [3.8, 4) is 0 Å². The molecule has 6 heteroatoms. The Kier molecular flexibility index (Phi) is 6.01. The maximum absolute atomic E-state index is 13.4. The number of halogens is 1. The van der Waals surface area contributed by atoms with Crippen molar-refractivity contribution in [3.05, 3.63) is 35.6 Å². The van der Waals surface area contributed by atoms with Crippen molar-refractivity contribution in [2.75, 3.05) is 25.9 Å². The van der Waals surface area contributed by atoms with Crippen LogP contribution in [0, 0.1) is 5.82 Å². The molecule has 0 radical (unpaired) electrons. The number of hydrogen-bond acceptors (Lipinski definition) is 2. The summed E-state index contributed by atoms with van der Waals surface area (Å²) in [5.74, 6) is 1.09. The quantitative estimate of drug-likeness (QED) is 0.610. The van der Waals surface area contributed by atoms with Gasteiger partial charge in [-0.25, -0.2) is 4.39 Å². The zero-order valence-electron chi connectivity index (χ0n) is 15.0. The van der Waals surface area contributed by atoms with Gasteiger partial charge in [-0.2, -0.15) is 0 Å². The first-order valence-electron chi connectivity index (χ1n) is 8.36. The topological polar surface area (TPSA) is 53.5 Å². The number of benzene rings is 1. The van der Waals surface area contributed by atoms with E-state index in [2.05, 4.69) is 15.6 Å². The van der Waals surface area contributed by atoms with Crippen molar-refractivity contribution in [2.24, 2.45) is 4.99 Å². The molecule has 1 saturated carbocycles. The molecule has 1 aromatic carbocycles. The molecule has 0 aliphatic heterocycles. The summed E-state index contributed by atoms with van der Waals surface area (Å²) in [6, 6.07) is 6.85. The highest BCUT2D eigenvalue weighted by Crippen LogP contribution is 2.47. The normalized spacial score (nSPS) is 18.1. The maximum Gasteiger partial charge on any atom is 0.191 e. The summed E-state index contributed by atoms with van der Waals surface area (Å²) >= 11 is 0. The Morgan fingerprint density at radius 3 is 2.58 bits per heavy atom. The molecule has 1 atom stereocenters. The first-order chi connectivity index (χ1) is 11.3. The van der Waals surface area contributed by atoms with Crippen LogP contribution < -0.4 is 10.6 Å². The van der Waals surface area contributed by atoms with Crippen LogP contribution in [0.5, 0.6) is 0 Å². The zero-order chi connectivity index (χ0) is 17.8. The fourth-order valence-electron chi connectivity index (χ4n) is 2.58. The van der Waals surface area contributed by atoms with E-state index in [1.165, 1.54) is 6.07 Å². The van der Waals surface area contributed by atoms with Gasteiger partial charge < -0.3 is 10.6 Å². The van der Waals surface area contributed by atoms with E-state index in [1.54, 1.807) is 19.2 Å². The smallest absolute Gasteiger partial charge is 0.191 e. The summed E-state index contributed by atoms with van der Waals surface area (Å²) in [4.78, 5) is 4.21. The summed E-state index contributed by atoms with van der Waals surface area (Å²) in [5.41, 5.74) is 1.05. The van der Waals surface area contributed by atoms with Gasteiger partial charge in [0.2, 0.25) is 0 Å². The van der Waals surface area contributed by atoms with Crippen LogP contribution in [0.25, 0.3) is 0 Å². The molecule has 134 valence electrons. The largest absolute Gasteiger partial charge is 0.356 e. The summed E-state index contributed by atoms with van der Waals surface area (Å²) in [6.45, 7) is 7.26. The Hall–Kier alpha value is -1.43. The van der Waals surface area contributed by atoms with Crippen LogP contribution >= 0.6 is 0 Å². The van der Waals surface area contributed by atoms with E-state index >= 15 is 0 Å². The molecule has 0 heterocycles. The third-order valence-corrected chi connectivity index (χ3v) is 6.31. The van der Waals surface area contributed by atoms with Crippen molar-refractivity contribution < 1.29 is 8.60 Å². The van der Waals surface area contributed by atoms with Gasteiger partial charge in [-0.1, -0.05) is 12.1 Å². The molecule has 2 rings (SSSR count). The summed E-state index contributed by atoms with van der Waals surface area (Å²) < 4.78 is 25.3. The maximum atomic E-state index is 13.4. The molecule has 1 aliphatic rings. The Labute approximate surface area is 146 Å². The number of rotatable bonds is 6. The van der Waals surface area contributed by atoms with E-state index < -0.39 is 10.8 Å². The highest BCUT2D eigenvalue weighted by Gasteiger charge is 2.44. The molecule has 1 unspecified atom stereocenters. The van der Waals surface area contributed by atoms with Gasteiger partial charge in [-0.3, -0.25) is 9.20 Å². The molecule has 4 nitrogen and oxygen atoms in total. The van der Waals surface area contributed by atoms with Crippen LogP contribution in [0.1, 0.15) is 39.2 Å². The van der Waals surface area contributed by atoms with Crippen LogP contribution in [0.4, 0.5) is 4.39 Å². The molecular formula is C18H28FN3OS. The van der Waals surface area contributed by atoms with E-state index in [9.17, 15) is 8.60 Å². The van der Waals surface area contributed by atoms with Gasteiger partial charge in [0.15, 0.2) is 5.96 Å². The third-order valence-electron chi connectivity index (χ3n) is 4.37. The van der Waals surface area contributed by atoms with Crippen molar-refractivity contribution in [1.29, 1.82) is 0 Å². The average molecular weight is 354 g/mol. The molecule has 0 amide bonds. The SMILES string of the molecule is CN=C(NCCS(=O)C(C)(C)C)NCC1(c2cccc(F)c2)CC1. The lowest BCUT2D eigenvalue weighted by molar-refractivity contribution is 0.607. The lowest BCUT2D eigenvalue weighted by Crippen LogP contribution is -2.43. The summed E-state index contributed by atoms with van der Waals surface area (Å²) in [5, 5.41) is 6.53. The lowest BCUT2D eigenvalue weighted by atomic mass is 9.96. The van der Waals surface area contributed by atoms with E-state index in [0.717, 1.165) is 24.9 Å². The molecular weight excluding hydrogens is 325 g/mol. The first kappa shape index (κ1) is 18.9. The zero-order valence-corrected chi connectivity index (χ0v) is 15.8. The van der Waals surface area contributed by atoms with Crippen LogP contribution in [0.2, 0.25) is 0 Å². The van der Waals surface area contributed by atoms with E-state index in [4.69, 9.17) is 0 Å². The van der Waals surface area contributed by atoms with Crippen molar-refractivity contribution in [3.63, 3.8) is 0 Å². The number of nitrogens with zero attached hydrogens (tertiary/aromatic N) is 1. The second kappa shape index (κ2) is 7.64. The van der Waals surface area contributed by atoms with Crippen molar-refractivity contribution in [1.82, 2.24) is 10.6 Å². The van der Waals surface area contributed by atoms with Crippen molar-refractivity contribution in [2.45, 2.75) is 43.8 Å². The molecule has 1 fully saturated rings. The Balaban J connectivity index is 1.83. The molecule has 1 aliphatic carbocycles. The predicted octanol–water partition coefficient (Wildman–Crippen LogP) is 2.57. The number of nitrogens with one attached hydrogen (secondary N) is 2. The van der Waals surface area contributed by atoms with E-state index in [0.29, 0.717) is 18.3 Å². The monoisotopic (exact) mass is 353 g/mol. The van der Waals surface area contributed by atoms with Gasteiger partial charge in [0.1, 0.15) is 5.82 Å². The Morgan fingerprint density at radius 2 is 2.04 bits per heavy atom. The number of guanidine groups is 1. The summed E-state index contributed by atoms with van der Waals surface area (Å²) in [7, 11) is 0.836. The third kappa shape index (κ3) is 5.03. The molecule has 0 aromatic heterocycles. The predicted molar refractivity (Wildman–Crippen MR) is 99.4 cm³/mol. The number of aliphatic imine (C=N–C) groups is 1. The van der Waals surface area contributed by atoms with Crippen LogP contribution in [-0.2, 0) is 16.2 Å². The number of hydrogen-bond donors (Lipinski definition) is 2. The van der Waals surface area contributed by atoms with Gasteiger partial charge in [0, 0.05) is 46.9 Å². The minimum atomic E-state index is -0.884. The van der Waals surface area contributed by atoms with Crippen LogP contribution in [-0.4, -0.2) is 40.8 Å². The van der Waals surface area contributed by atoms with E-state index in [-0.39, 0.29) is 16.0 Å². The average Bonchev–Trinajstić information content (AvgIpc) is 3.30. The fraction of sp³-hybridized carbons (Fsp3) is 0.611.